The third kappa shape index (κ3) is 3.85. The summed E-state index contributed by atoms with van der Waals surface area (Å²) in [4.78, 5) is 16.8. The van der Waals surface area contributed by atoms with Gasteiger partial charge in [-0.3, -0.25) is 0 Å². The Morgan fingerprint density at radius 3 is 2.69 bits per heavy atom. The number of allylic oxidation sites excluding steroid dienone is 3. The number of nitrogens with zero attached hydrogens (tertiary/aromatic N) is 2. The molecule has 5 nitrogen and oxygen atoms in total. The van der Waals surface area contributed by atoms with E-state index in [4.69, 9.17) is 4.74 Å². The molecule has 0 amide bonds. The van der Waals surface area contributed by atoms with Gasteiger partial charge in [-0.15, -0.1) is 12.4 Å². The maximum Gasteiger partial charge on any atom is 0.333 e. The first kappa shape index (κ1) is 21.0. The maximum absolute atomic E-state index is 12.4. The van der Waals surface area contributed by atoms with Crippen molar-refractivity contribution in [3.8, 4) is 0 Å². The van der Waals surface area contributed by atoms with E-state index in [-0.39, 0.29) is 12.4 Å². The van der Waals surface area contributed by atoms with E-state index in [9.17, 15) is 9.90 Å². The van der Waals surface area contributed by atoms with Crippen LogP contribution in [-0.4, -0.2) is 59.3 Å². The predicted molar refractivity (Wildman–Crippen MR) is 105 cm³/mol. The number of halogens is 1. The molecule has 0 saturated carbocycles. The fourth-order valence-electron chi connectivity index (χ4n) is 4.41. The van der Waals surface area contributed by atoms with E-state index >= 15 is 0 Å². The molecule has 3 aliphatic rings. The molecule has 0 radical (unpaired) electrons. The van der Waals surface area contributed by atoms with Gasteiger partial charge < -0.3 is 19.6 Å². The lowest BCUT2D eigenvalue weighted by Crippen LogP contribution is -2.58. The number of methoxy groups -OCH3 is 1. The van der Waals surface area contributed by atoms with Gasteiger partial charge in [0.15, 0.2) is 5.54 Å². The highest BCUT2D eigenvalue weighted by Gasteiger charge is 2.55. The Labute approximate surface area is 162 Å². The first-order valence-electron chi connectivity index (χ1n) is 9.46. The number of aliphatic carboxylic acids is 1. The average Bonchev–Trinajstić information content (AvgIpc) is 2.96. The number of carbonyl (C=O) groups is 1. The third-order valence-electron chi connectivity index (χ3n) is 5.87. The van der Waals surface area contributed by atoms with Crippen LogP contribution in [0.15, 0.2) is 36.2 Å². The summed E-state index contributed by atoms with van der Waals surface area (Å²) >= 11 is 0. The van der Waals surface area contributed by atoms with Gasteiger partial charge in [0, 0.05) is 19.0 Å². The first-order chi connectivity index (χ1) is 12.1. The Morgan fingerprint density at radius 1 is 1.35 bits per heavy atom. The van der Waals surface area contributed by atoms with Crippen molar-refractivity contribution in [2.45, 2.75) is 50.7 Å². The standard InChI is InChI=1S/C20H30N2O3.ClH/c1-3-4-10-21-12-8-16(9-13-21)15-20(19(23)24)18(25-2)14-17-7-5-6-11-22(17)20;/h5-7,11,14,16,18H,3-4,8-10,12-13,15H2,1-2H3,(H,23,24);1H. The SMILES string of the molecule is CCCCN1CCC(CC2(C(=O)O)C(OC)C=C3C=CC=CN32)CC1.Cl. The van der Waals surface area contributed by atoms with E-state index in [0.717, 1.165) is 31.6 Å². The lowest BCUT2D eigenvalue weighted by atomic mass is 9.79. The van der Waals surface area contributed by atoms with Crippen molar-refractivity contribution < 1.29 is 14.6 Å². The molecule has 0 aromatic carbocycles. The molecule has 2 atom stereocenters. The second kappa shape index (κ2) is 9.07. The molecule has 0 bridgehead atoms. The van der Waals surface area contributed by atoms with Crippen molar-refractivity contribution in [1.29, 1.82) is 0 Å². The zero-order chi connectivity index (χ0) is 17.9. The molecule has 0 aromatic heterocycles. The normalized spacial score (nSPS) is 28.6. The van der Waals surface area contributed by atoms with Gasteiger partial charge in [0.1, 0.15) is 6.10 Å². The van der Waals surface area contributed by atoms with E-state index in [0.29, 0.717) is 12.3 Å². The van der Waals surface area contributed by atoms with Crippen molar-refractivity contribution in [2.24, 2.45) is 5.92 Å². The summed E-state index contributed by atoms with van der Waals surface area (Å²) in [7, 11) is 1.61. The minimum absolute atomic E-state index is 0. The number of piperidine rings is 1. The number of rotatable bonds is 7. The molecule has 3 heterocycles. The Kier molecular flexibility index (Phi) is 7.33. The van der Waals surface area contributed by atoms with Gasteiger partial charge in [0.2, 0.25) is 0 Å². The monoisotopic (exact) mass is 382 g/mol. The number of fused-ring (bicyclic) bond motifs is 1. The molecule has 1 N–H and O–H groups in total. The van der Waals surface area contributed by atoms with E-state index < -0.39 is 17.6 Å². The summed E-state index contributed by atoms with van der Waals surface area (Å²) in [6.45, 7) is 5.54. The van der Waals surface area contributed by atoms with Crippen LogP contribution in [-0.2, 0) is 9.53 Å². The van der Waals surface area contributed by atoms with Crippen LogP contribution in [0.5, 0.6) is 0 Å². The topological polar surface area (TPSA) is 53.0 Å². The molecule has 3 rings (SSSR count). The molecular formula is C20H31ClN2O3. The molecule has 2 unspecified atom stereocenters. The predicted octanol–water partition coefficient (Wildman–Crippen LogP) is 3.43. The Morgan fingerprint density at radius 2 is 2.08 bits per heavy atom. The summed E-state index contributed by atoms with van der Waals surface area (Å²) in [6.07, 6.45) is 14.4. The fraction of sp³-hybridized carbons (Fsp3) is 0.650. The van der Waals surface area contributed by atoms with Crippen LogP contribution in [0.3, 0.4) is 0 Å². The third-order valence-corrected chi connectivity index (χ3v) is 5.87. The van der Waals surface area contributed by atoms with Gasteiger partial charge in [0.25, 0.3) is 0 Å². The van der Waals surface area contributed by atoms with E-state index in [1.54, 1.807) is 7.11 Å². The van der Waals surface area contributed by atoms with Crippen LogP contribution in [0, 0.1) is 5.92 Å². The van der Waals surface area contributed by atoms with Crippen LogP contribution >= 0.6 is 12.4 Å². The van der Waals surface area contributed by atoms with Gasteiger partial charge >= 0.3 is 5.97 Å². The van der Waals surface area contributed by atoms with E-state index in [1.807, 2.05) is 35.4 Å². The van der Waals surface area contributed by atoms with Crippen LogP contribution < -0.4 is 0 Å². The lowest BCUT2D eigenvalue weighted by molar-refractivity contribution is -0.155. The largest absolute Gasteiger partial charge is 0.479 e. The second-order valence-electron chi connectivity index (χ2n) is 7.39. The summed E-state index contributed by atoms with van der Waals surface area (Å²) in [5.41, 5.74) is -0.0983. The maximum atomic E-state index is 12.4. The summed E-state index contributed by atoms with van der Waals surface area (Å²) < 4.78 is 5.62. The molecular weight excluding hydrogens is 352 g/mol. The minimum atomic E-state index is -1.03. The number of carboxylic acid groups (broad SMARTS) is 1. The van der Waals surface area contributed by atoms with Gasteiger partial charge in [0.05, 0.1) is 0 Å². The Bertz CT molecular complexity index is 582. The molecule has 0 aromatic rings. The number of hydrogen-bond acceptors (Lipinski definition) is 4. The van der Waals surface area contributed by atoms with Gasteiger partial charge in [-0.2, -0.15) is 0 Å². The van der Waals surface area contributed by atoms with Gasteiger partial charge in [-0.05, 0) is 69.5 Å². The first-order valence-corrected chi connectivity index (χ1v) is 9.46. The van der Waals surface area contributed by atoms with Crippen molar-refractivity contribution in [3.63, 3.8) is 0 Å². The number of unbranched alkanes of at least 4 members (excludes halogenated alkanes) is 1. The summed E-state index contributed by atoms with van der Waals surface area (Å²) in [5.74, 6) is -0.377. The fourth-order valence-corrected chi connectivity index (χ4v) is 4.41. The smallest absolute Gasteiger partial charge is 0.333 e. The van der Waals surface area contributed by atoms with E-state index in [1.165, 1.54) is 19.4 Å². The van der Waals surface area contributed by atoms with Crippen molar-refractivity contribution in [2.75, 3.05) is 26.7 Å². The minimum Gasteiger partial charge on any atom is -0.479 e. The number of carboxylic acids is 1. The van der Waals surface area contributed by atoms with Crippen LogP contribution in [0.25, 0.3) is 0 Å². The highest BCUT2D eigenvalue weighted by atomic mass is 35.5. The van der Waals surface area contributed by atoms with Crippen LogP contribution in [0.2, 0.25) is 0 Å². The molecule has 0 aliphatic carbocycles. The van der Waals surface area contributed by atoms with Gasteiger partial charge in [-0.25, -0.2) is 4.79 Å². The van der Waals surface area contributed by atoms with Gasteiger partial charge in [-0.1, -0.05) is 19.4 Å². The molecule has 26 heavy (non-hydrogen) atoms. The number of ether oxygens (including phenoxy) is 1. The Hall–Kier alpha value is -1.30. The molecule has 0 spiro atoms. The lowest BCUT2D eigenvalue weighted by Gasteiger charge is -2.43. The zero-order valence-electron chi connectivity index (χ0n) is 15.8. The molecule has 3 aliphatic heterocycles. The van der Waals surface area contributed by atoms with Crippen LogP contribution in [0.4, 0.5) is 0 Å². The number of hydrogen-bond donors (Lipinski definition) is 1. The van der Waals surface area contributed by atoms with E-state index in [2.05, 4.69) is 11.8 Å². The highest BCUT2D eigenvalue weighted by molar-refractivity contribution is 5.85. The van der Waals surface area contributed by atoms with Crippen molar-refractivity contribution >= 4 is 18.4 Å². The van der Waals surface area contributed by atoms with Crippen LogP contribution in [0.1, 0.15) is 39.0 Å². The quantitative estimate of drug-likeness (QED) is 0.731. The zero-order valence-corrected chi connectivity index (χ0v) is 16.6. The summed E-state index contributed by atoms with van der Waals surface area (Å²) in [5, 5.41) is 10.2. The average molecular weight is 383 g/mol. The van der Waals surface area contributed by atoms with Crippen molar-refractivity contribution in [1.82, 2.24) is 9.80 Å². The highest BCUT2D eigenvalue weighted by Crippen LogP contribution is 2.43. The Balaban J connectivity index is 0.00000243. The number of likely N-dealkylation sites (tertiary alicyclic amines) is 1. The molecule has 146 valence electrons. The second-order valence-corrected chi connectivity index (χ2v) is 7.39. The molecule has 1 fully saturated rings. The summed E-state index contributed by atoms with van der Waals surface area (Å²) in [6, 6.07) is 0. The molecule has 6 heteroatoms. The molecule has 1 saturated heterocycles. The van der Waals surface area contributed by atoms with Crippen molar-refractivity contribution in [3.05, 3.63) is 36.2 Å².